The van der Waals surface area contributed by atoms with E-state index in [0.717, 1.165) is 6.07 Å². The summed E-state index contributed by atoms with van der Waals surface area (Å²) in [5, 5.41) is 15.6. The van der Waals surface area contributed by atoms with E-state index in [2.05, 4.69) is 15.2 Å². The number of hydrogen-bond acceptors (Lipinski definition) is 5. The van der Waals surface area contributed by atoms with E-state index in [-0.39, 0.29) is 24.4 Å². The smallest absolute Gasteiger partial charge is 0.366 e. The molecule has 0 spiro atoms. The van der Waals surface area contributed by atoms with Crippen molar-refractivity contribution in [1.29, 1.82) is 5.26 Å². The van der Waals surface area contributed by atoms with E-state index in [1.807, 2.05) is 0 Å². The molecule has 1 unspecified atom stereocenters. The third-order valence-electron chi connectivity index (χ3n) is 3.74. The summed E-state index contributed by atoms with van der Waals surface area (Å²) in [7, 11) is 0. The van der Waals surface area contributed by atoms with E-state index in [0.29, 0.717) is 18.2 Å². The molecule has 1 fully saturated rings. The molecule has 2 heterocycles. The van der Waals surface area contributed by atoms with Gasteiger partial charge in [-0.2, -0.15) is 23.5 Å². The summed E-state index contributed by atoms with van der Waals surface area (Å²) < 4.78 is 45.6. The molecule has 24 heavy (non-hydrogen) atoms. The number of ether oxygens (including phenoxy) is 1. The molecule has 0 amide bonds. The third kappa shape index (κ3) is 3.19. The minimum Gasteiger partial charge on any atom is -0.366 e. The molecule has 1 aromatic heterocycles. The van der Waals surface area contributed by atoms with Crippen LogP contribution in [0.15, 0.2) is 18.2 Å². The SMILES string of the molecule is Cc1nc(C2CN(c3ccc(C#N)cc3C(F)(F)F)CCO2)n[nH]1. The number of halogens is 3. The number of hydrogen-bond donors (Lipinski definition) is 1. The lowest BCUT2D eigenvalue weighted by Crippen LogP contribution is -2.39. The van der Waals surface area contributed by atoms with E-state index in [1.165, 1.54) is 12.1 Å². The molecule has 2 aromatic rings. The van der Waals surface area contributed by atoms with Gasteiger partial charge in [0.05, 0.1) is 30.3 Å². The fourth-order valence-electron chi connectivity index (χ4n) is 2.64. The number of rotatable bonds is 2. The van der Waals surface area contributed by atoms with E-state index < -0.39 is 17.8 Å². The maximum Gasteiger partial charge on any atom is 0.418 e. The number of nitrogens with one attached hydrogen (secondary N) is 1. The molecule has 1 N–H and O–H groups in total. The van der Waals surface area contributed by atoms with Gasteiger partial charge >= 0.3 is 6.18 Å². The first-order valence-electron chi connectivity index (χ1n) is 7.25. The maximum atomic E-state index is 13.3. The number of anilines is 1. The molecule has 1 atom stereocenters. The number of morpholine rings is 1. The van der Waals surface area contributed by atoms with Crippen molar-refractivity contribution in [1.82, 2.24) is 15.2 Å². The van der Waals surface area contributed by atoms with Crippen molar-refractivity contribution in [2.24, 2.45) is 0 Å². The number of aromatic amines is 1. The summed E-state index contributed by atoms with van der Waals surface area (Å²) in [4.78, 5) is 5.76. The average molecular weight is 337 g/mol. The lowest BCUT2D eigenvalue weighted by atomic mass is 10.1. The van der Waals surface area contributed by atoms with Gasteiger partial charge in [0.1, 0.15) is 11.9 Å². The van der Waals surface area contributed by atoms with Crippen LogP contribution in [-0.2, 0) is 10.9 Å². The van der Waals surface area contributed by atoms with E-state index >= 15 is 0 Å². The Balaban J connectivity index is 1.92. The molecular formula is C15H14F3N5O. The first-order valence-corrected chi connectivity index (χ1v) is 7.25. The molecule has 6 nitrogen and oxygen atoms in total. The third-order valence-corrected chi connectivity index (χ3v) is 3.74. The Hall–Kier alpha value is -2.60. The Morgan fingerprint density at radius 1 is 1.42 bits per heavy atom. The van der Waals surface area contributed by atoms with E-state index in [4.69, 9.17) is 10.00 Å². The Labute approximate surface area is 135 Å². The van der Waals surface area contributed by atoms with Crippen molar-refractivity contribution in [3.8, 4) is 6.07 Å². The lowest BCUT2D eigenvalue weighted by molar-refractivity contribution is -0.137. The van der Waals surface area contributed by atoms with Gasteiger partial charge in [-0.05, 0) is 25.1 Å². The number of nitriles is 1. The molecule has 1 aromatic carbocycles. The summed E-state index contributed by atoms with van der Waals surface area (Å²) in [6, 6.07) is 5.32. The van der Waals surface area contributed by atoms with Crippen LogP contribution >= 0.6 is 0 Å². The van der Waals surface area contributed by atoms with Gasteiger partial charge in [-0.3, -0.25) is 5.10 Å². The van der Waals surface area contributed by atoms with Crippen LogP contribution < -0.4 is 4.90 Å². The Bertz CT molecular complexity index is 780. The Kier molecular flexibility index (Phi) is 4.15. The predicted molar refractivity (Wildman–Crippen MR) is 78.2 cm³/mol. The highest BCUT2D eigenvalue weighted by Gasteiger charge is 2.37. The minimum atomic E-state index is -4.54. The van der Waals surface area contributed by atoms with Gasteiger partial charge in [0.25, 0.3) is 0 Å². The molecule has 0 aliphatic carbocycles. The van der Waals surface area contributed by atoms with Crippen molar-refractivity contribution < 1.29 is 17.9 Å². The average Bonchev–Trinajstić information content (AvgIpc) is 3.00. The molecule has 3 rings (SSSR count). The number of nitrogens with zero attached hydrogens (tertiary/aromatic N) is 4. The van der Waals surface area contributed by atoms with Gasteiger partial charge < -0.3 is 9.64 Å². The zero-order chi connectivity index (χ0) is 17.3. The molecule has 0 saturated carbocycles. The first-order chi connectivity index (χ1) is 11.4. The summed E-state index contributed by atoms with van der Waals surface area (Å²) >= 11 is 0. The minimum absolute atomic E-state index is 0.0273. The predicted octanol–water partition coefficient (Wildman–Crippen LogP) is 2.58. The van der Waals surface area contributed by atoms with Crippen LogP contribution in [0, 0.1) is 18.3 Å². The largest absolute Gasteiger partial charge is 0.418 e. The van der Waals surface area contributed by atoms with Crippen LogP contribution in [0.5, 0.6) is 0 Å². The summed E-state index contributed by atoms with van der Waals surface area (Å²) in [6.07, 6.45) is -5.06. The van der Waals surface area contributed by atoms with E-state index in [1.54, 1.807) is 17.9 Å². The monoisotopic (exact) mass is 337 g/mol. The number of aromatic nitrogens is 3. The van der Waals surface area contributed by atoms with Gasteiger partial charge in [-0.1, -0.05) is 0 Å². The Morgan fingerprint density at radius 2 is 2.21 bits per heavy atom. The highest BCUT2D eigenvalue weighted by atomic mass is 19.4. The Morgan fingerprint density at radius 3 is 2.83 bits per heavy atom. The maximum absolute atomic E-state index is 13.3. The molecule has 0 bridgehead atoms. The van der Waals surface area contributed by atoms with Gasteiger partial charge in [-0.25, -0.2) is 4.98 Å². The van der Waals surface area contributed by atoms with Gasteiger partial charge in [-0.15, -0.1) is 0 Å². The van der Waals surface area contributed by atoms with E-state index in [9.17, 15) is 13.2 Å². The van der Waals surface area contributed by atoms with Gasteiger partial charge in [0, 0.05) is 12.2 Å². The fraction of sp³-hybridized carbons (Fsp3) is 0.400. The molecule has 9 heteroatoms. The zero-order valence-electron chi connectivity index (χ0n) is 12.8. The van der Waals surface area contributed by atoms with Crippen LogP contribution in [0.1, 0.15) is 28.9 Å². The van der Waals surface area contributed by atoms with Crippen molar-refractivity contribution in [3.05, 3.63) is 41.0 Å². The number of benzene rings is 1. The number of H-pyrrole nitrogens is 1. The summed E-state index contributed by atoms with van der Waals surface area (Å²) in [5.74, 6) is 1.03. The summed E-state index contributed by atoms with van der Waals surface area (Å²) in [6.45, 7) is 2.51. The highest BCUT2D eigenvalue weighted by Crippen LogP contribution is 2.38. The molecular weight excluding hydrogens is 323 g/mol. The lowest BCUT2D eigenvalue weighted by Gasteiger charge is -2.34. The van der Waals surface area contributed by atoms with Crippen molar-refractivity contribution in [3.63, 3.8) is 0 Å². The van der Waals surface area contributed by atoms with Gasteiger partial charge in [0.2, 0.25) is 0 Å². The van der Waals surface area contributed by atoms with Gasteiger partial charge in [0.15, 0.2) is 5.82 Å². The quantitative estimate of drug-likeness (QED) is 0.911. The topological polar surface area (TPSA) is 77.8 Å². The molecule has 1 aliphatic heterocycles. The molecule has 1 saturated heterocycles. The highest BCUT2D eigenvalue weighted by molar-refractivity contribution is 5.58. The second kappa shape index (κ2) is 6.13. The standard InChI is InChI=1S/C15H14F3N5O/c1-9-20-14(22-21-9)13-8-23(4-5-24-13)12-3-2-10(7-19)6-11(12)15(16,17)18/h2-3,6,13H,4-5,8H2,1H3,(H,20,21,22). The van der Waals surface area contributed by atoms with Crippen LogP contribution in [0.2, 0.25) is 0 Å². The van der Waals surface area contributed by atoms with Crippen LogP contribution in [-0.4, -0.2) is 34.9 Å². The van der Waals surface area contributed by atoms with Crippen LogP contribution in [0.3, 0.4) is 0 Å². The molecule has 0 radical (unpaired) electrons. The van der Waals surface area contributed by atoms with Crippen molar-refractivity contribution >= 4 is 5.69 Å². The van der Waals surface area contributed by atoms with Crippen LogP contribution in [0.25, 0.3) is 0 Å². The molecule has 126 valence electrons. The molecule has 1 aliphatic rings. The second-order valence-corrected chi connectivity index (χ2v) is 5.43. The van der Waals surface area contributed by atoms with Crippen molar-refractivity contribution in [2.45, 2.75) is 19.2 Å². The summed E-state index contributed by atoms with van der Waals surface area (Å²) in [5.41, 5.74) is -0.823. The second-order valence-electron chi connectivity index (χ2n) is 5.43. The number of aryl methyl sites for hydroxylation is 1. The van der Waals surface area contributed by atoms with Crippen molar-refractivity contribution in [2.75, 3.05) is 24.6 Å². The normalized spacial score (nSPS) is 18.5. The van der Waals surface area contributed by atoms with Crippen LogP contribution in [0.4, 0.5) is 18.9 Å². The first kappa shape index (κ1) is 16.3. The number of alkyl halides is 3. The fourth-order valence-corrected chi connectivity index (χ4v) is 2.64. The zero-order valence-corrected chi connectivity index (χ0v) is 12.8.